The molecular weight excluding hydrogens is 374 g/mol. The van der Waals surface area contributed by atoms with Gasteiger partial charge in [-0.2, -0.15) is 0 Å². The molecule has 0 aliphatic rings. The predicted octanol–water partition coefficient (Wildman–Crippen LogP) is 2.18. The Bertz CT molecular complexity index is 859. The molecule has 3 rings (SSSR count). The van der Waals surface area contributed by atoms with E-state index < -0.39 is 11.9 Å². The van der Waals surface area contributed by atoms with Crippen molar-refractivity contribution >= 4 is 35.0 Å². The van der Waals surface area contributed by atoms with Crippen LogP contribution in [-0.4, -0.2) is 32.5 Å². The highest BCUT2D eigenvalue weighted by Gasteiger charge is 2.14. The summed E-state index contributed by atoms with van der Waals surface area (Å²) in [5.74, 6) is 1.10. The van der Waals surface area contributed by atoms with Gasteiger partial charge in [-0.25, -0.2) is 4.79 Å². The molecule has 0 saturated carbocycles. The van der Waals surface area contributed by atoms with Gasteiger partial charge in [0.15, 0.2) is 5.16 Å². The van der Waals surface area contributed by atoms with E-state index >= 15 is 0 Å². The van der Waals surface area contributed by atoms with Crippen molar-refractivity contribution in [3.63, 3.8) is 0 Å². The quantitative estimate of drug-likeness (QED) is 0.599. The molecule has 0 fully saturated rings. The topological polar surface area (TPSA) is 102 Å². The Balaban J connectivity index is 1.44. The summed E-state index contributed by atoms with van der Waals surface area (Å²) in [6.07, 6.45) is 2.22. The van der Waals surface area contributed by atoms with Crippen LogP contribution in [0.1, 0.15) is 16.5 Å². The Hall–Kier alpha value is -2.59. The Morgan fingerprint density at radius 1 is 1.31 bits per heavy atom. The molecule has 2 N–H and O–H groups in total. The molecule has 10 heteroatoms. The minimum Gasteiger partial charge on any atom is -0.467 e. The van der Waals surface area contributed by atoms with E-state index in [1.54, 1.807) is 23.5 Å². The molecule has 0 aliphatic heterocycles. The first-order valence-corrected chi connectivity index (χ1v) is 9.62. The van der Waals surface area contributed by atoms with Crippen LogP contribution >= 0.6 is 23.1 Å². The number of hydrogen-bond donors (Lipinski definition) is 2. The van der Waals surface area contributed by atoms with E-state index in [-0.39, 0.29) is 12.3 Å². The summed E-state index contributed by atoms with van der Waals surface area (Å²) in [5, 5.41) is 15.7. The van der Waals surface area contributed by atoms with Gasteiger partial charge < -0.3 is 14.3 Å². The van der Waals surface area contributed by atoms with Crippen LogP contribution in [0.15, 0.2) is 45.5 Å². The summed E-state index contributed by atoms with van der Waals surface area (Å²) in [7, 11) is 1.86. The van der Waals surface area contributed by atoms with Gasteiger partial charge in [-0.15, -0.1) is 21.5 Å². The molecule has 0 bridgehead atoms. The summed E-state index contributed by atoms with van der Waals surface area (Å²) < 4.78 is 6.95. The number of imide groups is 1. The van der Waals surface area contributed by atoms with Gasteiger partial charge in [0, 0.05) is 18.3 Å². The third-order valence-electron chi connectivity index (χ3n) is 3.43. The number of urea groups is 1. The lowest BCUT2D eigenvalue weighted by Crippen LogP contribution is -2.39. The molecule has 26 heavy (non-hydrogen) atoms. The zero-order chi connectivity index (χ0) is 18.4. The summed E-state index contributed by atoms with van der Waals surface area (Å²) >= 11 is 2.89. The van der Waals surface area contributed by atoms with Gasteiger partial charge in [0.05, 0.1) is 18.6 Å². The number of aromatic nitrogens is 3. The first kappa shape index (κ1) is 18.2. The smallest absolute Gasteiger partial charge is 0.321 e. The van der Waals surface area contributed by atoms with Crippen molar-refractivity contribution in [2.75, 3.05) is 5.75 Å². The zero-order valence-electron chi connectivity index (χ0n) is 14.0. The van der Waals surface area contributed by atoms with Gasteiger partial charge in [-0.05, 0) is 23.6 Å². The van der Waals surface area contributed by atoms with Crippen LogP contribution in [0.4, 0.5) is 4.79 Å². The van der Waals surface area contributed by atoms with Crippen molar-refractivity contribution in [1.82, 2.24) is 25.4 Å². The molecule has 136 valence electrons. The number of furan rings is 1. The van der Waals surface area contributed by atoms with Crippen LogP contribution in [0.3, 0.4) is 0 Å². The fourth-order valence-electron chi connectivity index (χ4n) is 2.11. The molecule has 0 saturated heterocycles. The van der Waals surface area contributed by atoms with Crippen molar-refractivity contribution < 1.29 is 14.0 Å². The molecule has 3 amide bonds. The van der Waals surface area contributed by atoms with Gasteiger partial charge in [-0.3, -0.25) is 10.1 Å². The van der Waals surface area contributed by atoms with Crippen molar-refractivity contribution in [2.45, 2.75) is 18.1 Å². The standard InChI is InChI=1S/C16H17N5O3S2/c1-21-13(8-12-5-3-7-25-12)19-20-16(21)26-10-14(22)18-15(23)17-9-11-4-2-6-24-11/h2-7H,8-10H2,1H3,(H2,17,18,22,23). The van der Waals surface area contributed by atoms with Gasteiger partial charge in [0.2, 0.25) is 5.91 Å². The minimum absolute atomic E-state index is 0.0686. The van der Waals surface area contributed by atoms with Crippen LogP contribution in [0.2, 0.25) is 0 Å². The second kappa shape index (κ2) is 8.68. The maximum Gasteiger partial charge on any atom is 0.321 e. The van der Waals surface area contributed by atoms with E-state index in [2.05, 4.69) is 20.8 Å². The molecule has 0 atom stereocenters. The first-order chi connectivity index (χ1) is 12.6. The predicted molar refractivity (Wildman–Crippen MR) is 97.9 cm³/mol. The van der Waals surface area contributed by atoms with E-state index in [0.29, 0.717) is 17.3 Å². The van der Waals surface area contributed by atoms with Gasteiger partial charge in [-0.1, -0.05) is 17.8 Å². The number of carbonyl (C=O) groups is 2. The molecule has 0 spiro atoms. The lowest BCUT2D eigenvalue weighted by Gasteiger charge is -2.05. The number of nitrogens with zero attached hydrogens (tertiary/aromatic N) is 3. The Kier molecular flexibility index (Phi) is 6.08. The molecule has 0 aliphatic carbocycles. The maximum absolute atomic E-state index is 11.9. The number of rotatable bonds is 7. The average molecular weight is 391 g/mol. The minimum atomic E-state index is -0.566. The maximum atomic E-state index is 11.9. The van der Waals surface area contributed by atoms with E-state index in [4.69, 9.17) is 4.42 Å². The van der Waals surface area contributed by atoms with E-state index in [1.165, 1.54) is 22.9 Å². The van der Waals surface area contributed by atoms with Crippen LogP contribution in [0.5, 0.6) is 0 Å². The lowest BCUT2D eigenvalue weighted by atomic mass is 10.3. The lowest BCUT2D eigenvalue weighted by molar-refractivity contribution is -0.117. The van der Waals surface area contributed by atoms with Gasteiger partial charge >= 0.3 is 6.03 Å². The third kappa shape index (κ3) is 4.96. The highest BCUT2D eigenvalue weighted by molar-refractivity contribution is 7.99. The molecule has 0 unspecified atom stereocenters. The van der Waals surface area contributed by atoms with Crippen molar-refractivity contribution in [1.29, 1.82) is 0 Å². The number of nitrogens with one attached hydrogen (secondary N) is 2. The van der Waals surface area contributed by atoms with Crippen molar-refractivity contribution in [3.05, 3.63) is 52.4 Å². The fourth-order valence-corrected chi connectivity index (χ4v) is 3.54. The Morgan fingerprint density at radius 2 is 2.19 bits per heavy atom. The number of carbonyl (C=O) groups excluding carboxylic acids is 2. The Labute approximate surface area is 158 Å². The number of thioether (sulfide) groups is 1. The fraction of sp³-hybridized carbons (Fsp3) is 0.250. The van der Waals surface area contributed by atoms with Gasteiger partial charge in [0.1, 0.15) is 11.6 Å². The van der Waals surface area contributed by atoms with Gasteiger partial charge in [0.25, 0.3) is 0 Å². The second-order valence-corrected chi connectivity index (χ2v) is 7.29. The molecule has 3 heterocycles. The van der Waals surface area contributed by atoms with E-state index in [9.17, 15) is 9.59 Å². The highest BCUT2D eigenvalue weighted by atomic mass is 32.2. The summed E-state index contributed by atoms with van der Waals surface area (Å²) in [6.45, 7) is 0.217. The normalized spacial score (nSPS) is 10.7. The monoisotopic (exact) mass is 391 g/mol. The van der Waals surface area contributed by atoms with Crippen LogP contribution in [0.25, 0.3) is 0 Å². The Morgan fingerprint density at radius 3 is 2.92 bits per heavy atom. The number of hydrogen-bond acceptors (Lipinski definition) is 7. The molecule has 0 aromatic carbocycles. The largest absolute Gasteiger partial charge is 0.467 e. The molecule has 3 aromatic rings. The molecule has 0 radical (unpaired) electrons. The average Bonchev–Trinajstić information content (AvgIpc) is 3.36. The summed E-state index contributed by atoms with van der Waals surface area (Å²) in [4.78, 5) is 24.8. The van der Waals surface area contributed by atoms with E-state index in [0.717, 1.165) is 5.82 Å². The summed E-state index contributed by atoms with van der Waals surface area (Å²) in [5.41, 5.74) is 0. The van der Waals surface area contributed by atoms with Crippen molar-refractivity contribution in [3.8, 4) is 0 Å². The zero-order valence-corrected chi connectivity index (χ0v) is 15.6. The second-order valence-electron chi connectivity index (χ2n) is 5.31. The van der Waals surface area contributed by atoms with Crippen LogP contribution in [0, 0.1) is 0 Å². The summed E-state index contributed by atoms with van der Waals surface area (Å²) in [6, 6.07) is 6.93. The number of amides is 3. The SMILES string of the molecule is Cn1c(Cc2cccs2)nnc1SCC(=O)NC(=O)NCc1ccco1. The van der Waals surface area contributed by atoms with E-state index in [1.807, 2.05) is 29.1 Å². The highest BCUT2D eigenvalue weighted by Crippen LogP contribution is 2.18. The van der Waals surface area contributed by atoms with Crippen LogP contribution < -0.4 is 10.6 Å². The first-order valence-electron chi connectivity index (χ1n) is 7.75. The molecule has 3 aromatic heterocycles. The van der Waals surface area contributed by atoms with Crippen molar-refractivity contribution in [2.24, 2.45) is 7.05 Å². The molecule has 8 nitrogen and oxygen atoms in total. The third-order valence-corrected chi connectivity index (χ3v) is 5.32. The number of thiophene rings is 1. The van der Waals surface area contributed by atoms with Crippen LogP contribution in [-0.2, 0) is 24.8 Å². The molecular formula is C16H17N5O3S2.